The summed E-state index contributed by atoms with van der Waals surface area (Å²) in [4.78, 5) is 23.0. The molecule has 1 aliphatic heterocycles. The van der Waals surface area contributed by atoms with Crippen LogP contribution in [0.1, 0.15) is 13.3 Å². The number of hydrogen-bond acceptors (Lipinski definition) is 4. The van der Waals surface area contributed by atoms with E-state index in [9.17, 15) is 9.59 Å². The van der Waals surface area contributed by atoms with Crippen LogP contribution in [0.2, 0.25) is 0 Å². The number of carbonyl (C=O) groups excluding carboxylic acids is 2. The van der Waals surface area contributed by atoms with Gasteiger partial charge in [-0.1, -0.05) is 0 Å². The highest BCUT2D eigenvalue weighted by molar-refractivity contribution is 5.68. The minimum Gasteiger partial charge on any atom is -0.464 e. The van der Waals surface area contributed by atoms with Gasteiger partial charge in [-0.3, -0.25) is 4.79 Å². The fraction of sp³-hybridized carbons (Fsp3) is 0.750. The number of hydrogen-bond donors (Lipinski definition) is 0. The Bertz CT molecular complexity index is 204. The normalized spacial score (nSPS) is 16.7. The van der Waals surface area contributed by atoms with Gasteiger partial charge in [0.15, 0.2) is 0 Å². The minimum atomic E-state index is -0.328. The average molecular weight is 187 g/mol. The molecule has 0 radical (unpaired) electrons. The number of carbonyl (C=O) groups is 2. The maximum absolute atomic E-state index is 11.0. The summed E-state index contributed by atoms with van der Waals surface area (Å²) >= 11 is 0. The van der Waals surface area contributed by atoms with Crippen molar-refractivity contribution in [1.82, 2.24) is 4.90 Å². The minimum absolute atomic E-state index is 0.241. The summed E-state index contributed by atoms with van der Waals surface area (Å²) in [6, 6.07) is 0. The van der Waals surface area contributed by atoms with Crippen molar-refractivity contribution in [3.05, 3.63) is 0 Å². The maximum Gasteiger partial charge on any atom is 0.409 e. The Morgan fingerprint density at radius 3 is 3.08 bits per heavy atom. The van der Waals surface area contributed by atoms with Gasteiger partial charge in [0.1, 0.15) is 6.61 Å². The van der Waals surface area contributed by atoms with Crippen molar-refractivity contribution in [2.45, 2.75) is 13.3 Å². The Labute approximate surface area is 76.6 Å². The first kappa shape index (κ1) is 9.83. The van der Waals surface area contributed by atoms with Gasteiger partial charge >= 0.3 is 12.1 Å². The molecule has 74 valence electrons. The number of ether oxygens (including phenoxy) is 2. The lowest BCUT2D eigenvalue weighted by atomic mass is 10.4. The van der Waals surface area contributed by atoms with Gasteiger partial charge in [-0.25, -0.2) is 4.79 Å². The number of amides is 1. The molecule has 0 unspecified atom stereocenters. The number of nitrogens with zero attached hydrogens (tertiary/aromatic N) is 1. The second-order valence-electron chi connectivity index (χ2n) is 2.80. The quantitative estimate of drug-likeness (QED) is 0.600. The predicted octanol–water partition coefficient (Wildman–Crippen LogP) is 0.392. The second kappa shape index (κ2) is 4.69. The van der Waals surface area contributed by atoms with E-state index in [0.29, 0.717) is 19.7 Å². The summed E-state index contributed by atoms with van der Waals surface area (Å²) in [5, 5.41) is 0. The molecule has 0 aromatic carbocycles. The van der Waals surface area contributed by atoms with Crippen molar-refractivity contribution < 1.29 is 19.1 Å². The van der Waals surface area contributed by atoms with E-state index in [1.807, 2.05) is 0 Å². The van der Waals surface area contributed by atoms with Crippen molar-refractivity contribution in [3.63, 3.8) is 0 Å². The van der Waals surface area contributed by atoms with E-state index in [2.05, 4.69) is 0 Å². The van der Waals surface area contributed by atoms with Gasteiger partial charge in [-0.15, -0.1) is 0 Å². The lowest BCUT2D eigenvalue weighted by Gasteiger charge is -2.25. The highest BCUT2D eigenvalue weighted by Crippen LogP contribution is 2.03. The topological polar surface area (TPSA) is 55.8 Å². The molecule has 1 fully saturated rings. The van der Waals surface area contributed by atoms with Gasteiger partial charge in [0.25, 0.3) is 0 Å². The highest BCUT2D eigenvalue weighted by Gasteiger charge is 2.18. The lowest BCUT2D eigenvalue weighted by molar-refractivity contribution is -0.141. The Hall–Kier alpha value is -1.26. The smallest absolute Gasteiger partial charge is 0.409 e. The summed E-state index contributed by atoms with van der Waals surface area (Å²) in [6.07, 6.45) is 0.518. The highest BCUT2D eigenvalue weighted by atomic mass is 16.6. The van der Waals surface area contributed by atoms with Gasteiger partial charge in [0.2, 0.25) is 0 Å². The van der Waals surface area contributed by atoms with E-state index < -0.39 is 0 Å². The van der Waals surface area contributed by atoms with E-state index in [-0.39, 0.29) is 18.7 Å². The van der Waals surface area contributed by atoms with E-state index in [0.717, 1.165) is 6.42 Å². The molecule has 0 aromatic heterocycles. The van der Waals surface area contributed by atoms with Crippen molar-refractivity contribution in [2.75, 3.05) is 26.3 Å². The predicted molar refractivity (Wildman–Crippen MR) is 44.2 cm³/mol. The molecule has 13 heavy (non-hydrogen) atoms. The van der Waals surface area contributed by atoms with E-state index in [1.165, 1.54) is 11.8 Å². The molecule has 1 aliphatic rings. The standard InChI is InChI=1S/C8H13NO4/c1-7(10)12-6-4-9-3-2-5-13-8(9)11/h2-6H2,1H3. The second-order valence-corrected chi connectivity index (χ2v) is 2.80. The zero-order valence-electron chi connectivity index (χ0n) is 7.62. The summed E-state index contributed by atoms with van der Waals surface area (Å²) in [6.45, 7) is 3.17. The van der Waals surface area contributed by atoms with Crippen LogP contribution in [0.3, 0.4) is 0 Å². The van der Waals surface area contributed by atoms with Crippen molar-refractivity contribution >= 4 is 12.1 Å². The first-order chi connectivity index (χ1) is 6.20. The Kier molecular flexibility index (Phi) is 3.54. The summed E-state index contributed by atoms with van der Waals surface area (Å²) in [5.41, 5.74) is 0. The van der Waals surface area contributed by atoms with Gasteiger partial charge < -0.3 is 14.4 Å². The van der Waals surface area contributed by atoms with Crippen molar-refractivity contribution in [1.29, 1.82) is 0 Å². The van der Waals surface area contributed by atoms with Crippen LogP contribution in [0.25, 0.3) is 0 Å². The van der Waals surface area contributed by atoms with Gasteiger partial charge in [-0.05, 0) is 6.42 Å². The molecule has 5 heteroatoms. The van der Waals surface area contributed by atoms with Crippen LogP contribution in [-0.2, 0) is 14.3 Å². The third-order valence-corrected chi connectivity index (χ3v) is 1.72. The average Bonchev–Trinajstić information content (AvgIpc) is 2.08. The van der Waals surface area contributed by atoms with E-state index in [1.54, 1.807) is 0 Å². The fourth-order valence-electron chi connectivity index (χ4n) is 1.10. The van der Waals surface area contributed by atoms with Crippen LogP contribution < -0.4 is 0 Å². The molecular formula is C8H13NO4. The Balaban J connectivity index is 2.19. The molecule has 0 aromatic rings. The Morgan fingerprint density at radius 2 is 2.46 bits per heavy atom. The molecule has 0 N–H and O–H groups in total. The van der Waals surface area contributed by atoms with Crippen LogP contribution in [0, 0.1) is 0 Å². The van der Waals surface area contributed by atoms with E-state index in [4.69, 9.17) is 9.47 Å². The summed E-state index contributed by atoms with van der Waals surface area (Å²) in [5.74, 6) is -0.328. The third kappa shape index (κ3) is 3.31. The molecule has 0 bridgehead atoms. The molecule has 0 aliphatic carbocycles. The van der Waals surface area contributed by atoms with Crippen LogP contribution >= 0.6 is 0 Å². The third-order valence-electron chi connectivity index (χ3n) is 1.72. The molecule has 0 spiro atoms. The molecule has 1 amide bonds. The van der Waals surface area contributed by atoms with Crippen molar-refractivity contribution in [3.8, 4) is 0 Å². The molecule has 1 saturated heterocycles. The first-order valence-electron chi connectivity index (χ1n) is 4.25. The SMILES string of the molecule is CC(=O)OCCN1CCCOC1=O. The van der Waals surface area contributed by atoms with Gasteiger partial charge in [0.05, 0.1) is 13.2 Å². The van der Waals surface area contributed by atoms with Crippen LogP contribution in [-0.4, -0.2) is 43.3 Å². The zero-order chi connectivity index (χ0) is 9.68. The molecule has 1 rings (SSSR count). The largest absolute Gasteiger partial charge is 0.464 e. The van der Waals surface area contributed by atoms with E-state index >= 15 is 0 Å². The molecule has 0 saturated carbocycles. The Morgan fingerprint density at radius 1 is 1.69 bits per heavy atom. The summed E-state index contributed by atoms with van der Waals surface area (Å²) in [7, 11) is 0. The molecule has 5 nitrogen and oxygen atoms in total. The fourth-order valence-corrected chi connectivity index (χ4v) is 1.10. The summed E-state index contributed by atoms with van der Waals surface area (Å²) < 4.78 is 9.50. The van der Waals surface area contributed by atoms with Gasteiger partial charge in [-0.2, -0.15) is 0 Å². The first-order valence-corrected chi connectivity index (χ1v) is 4.25. The zero-order valence-corrected chi connectivity index (χ0v) is 7.62. The number of esters is 1. The molecular weight excluding hydrogens is 174 g/mol. The van der Waals surface area contributed by atoms with Gasteiger partial charge in [0, 0.05) is 13.5 Å². The number of cyclic esters (lactones) is 1. The van der Waals surface area contributed by atoms with Crippen molar-refractivity contribution in [2.24, 2.45) is 0 Å². The van der Waals surface area contributed by atoms with Crippen LogP contribution in [0.4, 0.5) is 4.79 Å². The van der Waals surface area contributed by atoms with Crippen LogP contribution in [0.5, 0.6) is 0 Å². The monoisotopic (exact) mass is 187 g/mol. The molecule has 1 heterocycles. The maximum atomic E-state index is 11.0. The lowest BCUT2D eigenvalue weighted by Crippen LogP contribution is -2.39. The number of rotatable bonds is 3. The molecule has 0 atom stereocenters. The van der Waals surface area contributed by atoms with Crippen LogP contribution in [0.15, 0.2) is 0 Å².